The van der Waals surface area contributed by atoms with Crippen LogP contribution in [0.4, 0.5) is 11.6 Å². The summed E-state index contributed by atoms with van der Waals surface area (Å²) in [4.78, 5) is 12.2. The number of nitrogens with two attached hydrogens (primary N) is 1. The zero-order chi connectivity index (χ0) is 12.8. The van der Waals surface area contributed by atoms with Gasteiger partial charge in [-0.2, -0.15) is 0 Å². The Balaban J connectivity index is 1.95. The molecule has 94 valence electrons. The lowest BCUT2D eigenvalue weighted by Crippen LogP contribution is -2.13. The van der Waals surface area contributed by atoms with Gasteiger partial charge in [-0.25, -0.2) is 15.8 Å². The van der Waals surface area contributed by atoms with Gasteiger partial charge in [0.1, 0.15) is 18.0 Å². The summed E-state index contributed by atoms with van der Waals surface area (Å²) >= 11 is 0. The lowest BCUT2D eigenvalue weighted by atomic mass is 10.2. The molecule has 0 aliphatic rings. The molecule has 0 aliphatic heterocycles. The lowest BCUT2D eigenvalue weighted by Gasteiger charge is -2.10. The molecular formula is C12H16N6. The molecule has 4 N–H and O–H groups in total. The molecule has 0 aliphatic carbocycles. The second-order valence-electron chi connectivity index (χ2n) is 3.87. The quantitative estimate of drug-likeness (QED) is 0.539. The summed E-state index contributed by atoms with van der Waals surface area (Å²) in [6.45, 7) is 2.72. The number of anilines is 2. The summed E-state index contributed by atoms with van der Waals surface area (Å²) in [6, 6.07) is 4.00. The third-order valence-electron chi connectivity index (χ3n) is 2.68. The van der Waals surface area contributed by atoms with Crippen molar-refractivity contribution in [2.75, 3.05) is 17.3 Å². The Kier molecular flexibility index (Phi) is 4.03. The molecule has 2 heterocycles. The molecular weight excluding hydrogens is 228 g/mol. The highest BCUT2D eigenvalue weighted by atomic mass is 15.3. The molecule has 6 heteroatoms. The third kappa shape index (κ3) is 2.92. The van der Waals surface area contributed by atoms with E-state index >= 15 is 0 Å². The fourth-order valence-corrected chi connectivity index (χ4v) is 1.65. The van der Waals surface area contributed by atoms with Crippen molar-refractivity contribution in [3.63, 3.8) is 0 Å². The van der Waals surface area contributed by atoms with Gasteiger partial charge in [-0.15, -0.1) is 0 Å². The van der Waals surface area contributed by atoms with Crippen LogP contribution in [0.25, 0.3) is 0 Å². The number of hydrogen-bond donors (Lipinski definition) is 3. The standard InChI is InChI=1S/C12H16N6/c1-9-11(16-8-17-12(9)18-13)15-7-4-10-2-5-14-6-3-10/h2-3,5-6,8H,4,7,13H2,1H3,(H2,15,16,17,18). The third-order valence-corrected chi connectivity index (χ3v) is 2.68. The van der Waals surface area contributed by atoms with Gasteiger partial charge in [0.15, 0.2) is 0 Å². The van der Waals surface area contributed by atoms with E-state index in [0.29, 0.717) is 5.82 Å². The molecule has 0 unspecified atom stereocenters. The maximum atomic E-state index is 5.36. The van der Waals surface area contributed by atoms with E-state index < -0.39 is 0 Å². The maximum absolute atomic E-state index is 5.36. The zero-order valence-electron chi connectivity index (χ0n) is 10.2. The van der Waals surface area contributed by atoms with Crippen molar-refractivity contribution in [2.45, 2.75) is 13.3 Å². The summed E-state index contributed by atoms with van der Waals surface area (Å²) in [5, 5.41) is 3.27. The first kappa shape index (κ1) is 12.3. The second-order valence-corrected chi connectivity index (χ2v) is 3.87. The van der Waals surface area contributed by atoms with Crippen LogP contribution in [0.1, 0.15) is 11.1 Å². The van der Waals surface area contributed by atoms with Crippen molar-refractivity contribution in [2.24, 2.45) is 5.84 Å². The normalized spacial score (nSPS) is 10.1. The highest BCUT2D eigenvalue weighted by molar-refractivity contribution is 5.55. The summed E-state index contributed by atoms with van der Waals surface area (Å²) in [7, 11) is 0. The Morgan fingerprint density at radius 1 is 1.17 bits per heavy atom. The van der Waals surface area contributed by atoms with Gasteiger partial charge in [0.05, 0.1) is 0 Å². The molecule has 0 spiro atoms. The average Bonchev–Trinajstić information content (AvgIpc) is 2.42. The summed E-state index contributed by atoms with van der Waals surface area (Å²) in [5.41, 5.74) is 4.69. The van der Waals surface area contributed by atoms with Gasteiger partial charge in [0, 0.05) is 24.5 Å². The van der Waals surface area contributed by atoms with Gasteiger partial charge in [-0.3, -0.25) is 4.98 Å². The molecule has 6 nitrogen and oxygen atoms in total. The molecule has 0 fully saturated rings. The molecule has 0 atom stereocenters. The fourth-order valence-electron chi connectivity index (χ4n) is 1.65. The SMILES string of the molecule is Cc1c(NN)ncnc1NCCc1ccncc1. The number of hydrazine groups is 1. The number of rotatable bonds is 5. The number of nitrogens with zero attached hydrogens (tertiary/aromatic N) is 3. The van der Waals surface area contributed by atoms with Crippen LogP contribution in [0.2, 0.25) is 0 Å². The number of nitrogens with one attached hydrogen (secondary N) is 2. The van der Waals surface area contributed by atoms with Gasteiger partial charge in [-0.05, 0) is 31.0 Å². The molecule has 0 saturated heterocycles. The second kappa shape index (κ2) is 5.92. The van der Waals surface area contributed by atoms with E-state index in [1.165, 1.54) is 11.9 Å². The minimum absolute atomic E-state index is 0.636. The summed E-state index contributed by atoms with van der Waals surface area (Å²) in [5.74, 6) is 6.80. The number of hydrogen-bond acceptors (Lipinski definition) is 6. The van der Waals surface area contributed by atoms with Crippen molar-refractivity contribution in [3.05, 3.63) is 42.0 Å². The van der Waals surface area contributed by atoms with E-state index in [0.717, 1.165) is 24.3 Å². The van der Waals surface area contributed by atoms with Gasteiger partial charge in [-0.1, -0.05) is 0 Å². The van der Waals surface area contributed by atoms with E-state index in [9.17, 15) is 0 Å². The van der Waals surface area contributed by atoms with E-state index in [1.54, 1.807) is 12.4 Å². The van der Waals surface area contributed by atoms with Crippen molar-refractivity contribution in [1.82, 2.24) is 15.0 Å². The highest BCUT2D eigenvalue weighted by Crippen LogP contribution is 2.16. The van der Waals surface area contributed by atoms with Crippen LogP contribution in [0, 0.1) is 6.92 Å². The molecule has 0 aromatic carbocycles. The highest BCUT2D eigenvalue weighted by Gasteiger charge is 2.04. The van der Waals surface area contributed by atoms with Crippen LogP contribution in [-0.2, 0) is 6.42 Å². The van der Waals surface area contributed by atoms with Crippen LogP contribution >= 0.6 is 0 Å². The number of pyridine rings is 1. The molecule has 0 saturated carbocycles. The molecule has 2 aromatic rings. The van der Waals surface area contributed by atoms with Crippen LogP contribution in [0.5, 0.6) is 0 Å². The molecule has 2 aromatic heterocycles. The Bertz CT molecular complexity index is 499. The van der Waals surface area contributed by atoms with E-state index in [1.807, 2.05) is 19.1 Å². The smallest absolute Gasteiger partial charge is 0.148 e. The monoisotopic (exact) mass is 244 g/mol. The van der Waals surface area contributed by atoms with Crippen molar-refractivity contribution < 1.29 is 0 Å². The Labute approximate surface area is 106 Å². The molecule has 0 bridgehead atoms. The van der Waals surface area contributed by atoms with E-state index in [2.05, 4.69) is 25.7 Å². The first-order valence-electron chi connectivity index (χ1n) is 5.72. The van der Waals surface area contributed by atoms with Crippen molar-refractivity contribution in [1.29, 1.82) is 0 Å². The largest absolute Gasteiger partial charge is 0.369 e. The molecule has 2 rings (SSSR count). The average molecular weight is 244 g/mol. The minimum Gasteiger partial charge on any atom is -0.369 e. The Hall–Kier alpha value is -2.21. The predicted molar refractivity (Wildman–Crippen MR) is 71.0 cm³/mol. The van der Waals surface area contributed by atoms with E-state index in [4.69, 9.17) is 5.84 Å². The number of nitrogen functional groups attached to an aromatic ring is 1. The first-order valence-corrected chi connectivity index (χ1v) is 5.72. The Morgan fingerprint density at radius 3 is 2.61 bits per heavy atom. The van der Waals surface area contributed by atoms with Crippen LogP contribution in [-0.4, -0.2) is 21.5 Å². The topological polar surface area (TPSA) is 88.8 Å². The Morgan fingerprint density at radius 2 is 1.89 bits per heavy atom. The van der Waals surface area contributed by atoms with Gasteiger partial charge in [0.25, 0.3) is 0 Å². The predicted octanol–water partition coefficient (Wildman–Crippen LogP) is 1.12. The number of aromatic nitrogens is 3. The van der Waals surface area contributed by atoms with Crippen molar-refractivity contribution >= 4 is 11.6 Å². The van der Waals surface area contributed by atoms with E-state index in [-0.39, 0.29) is 0 Å². The van der Waals surface area contributed by atoms with Crippen LogP contribution in [0.3, 0.4) is 0 Å². The van der Waals surface area contributed by atoms with Crippen LogP contribution in [0.15, 0.2) is 30.9 Å². The van der Waals surface area contributed by atoms with Crippen molar-refractivity contribution in [3.8, 4) is 0 Å². The molecule has 0 radical (unpaired) electrons. The first-order chi connectivity index (χ1) is 8.81. The fraction of sp³-hybridized carbons (Fsp3) is 0.250. The molecule has 18 heavy (non-hydrogen) atoms. The zero-order valence-corrected chi connectivity index (χ0v) is 10.2. The van der Waals surface area contributed by atoms with Gasteiger partial charge < -0.3 is 10.7 Å². The van der Waals surface area contributed by atoms with Gasteiger partial charge in [0.2, 0.25) is 0 Å². The maximum Gasteiger partial charge on any atom is 0.148 e. The van der Waals surface area contributed by atoms with Gasteiger partial charge >= 0.3 is 0 Å². The summed E-state index contributed by atoms with van der Waals surface area (Å²) < 4.78 is 0. The molecule has 0 amide bonds. The minimum atomic E-state index is 0.636. The van der Waals surface area contributed by atoms with Crippen LogP contribution < -0.4 is 16.6 Å². The lowest BCUT2D eigenvalue weighted by molar-refractivity contribution is 0.985. The summed E-state index contributed by atoms with van der Waals surface area (Å²) in [6.07, 6.45) is 5.98.